The van der Waals surface area contributed by atoms with Crippen LogP contribution in [0.3, 0.4) is 0 Å². The van der Waals surface area contributed by atoms with Crippen molar-refractivity contribution in [2.45, 2.75) is 19.2 Å². The Bertz CT molecular complexity index is 527. The van der Waals surface area contributed by atoms with E-state index < -0.39 is 0 Å². The molecule has 0 radical (unpaired) electrons. The molecular weight excluding hydrogens is 378 g/mol. The number of alkyl halides is 1. The molecule has 1 atom stereocenters. The summed E-state index contributed by atoms with van der Waals surface area (Å²) in [7, 11) is 0. The highest BCUT2D eigenvalue weighted by atomic mass is 127. The average molecular weight is 391 g/mol. The van der Waals surface area contributed by atoms with E-state index >= 15 is 0 Å². The van der Waals surface area contributed by atoms with Crippen molar-refractivity contribution < 1.29 is 0 Å². The molecule has 1 unspecified atom stereocenters. The largest absolute Gasteiger partial charge is 0.113 e. The highest BCUT2D eigenvalue weighted by Gasteiger charge is 2.16. The van der Waals surface area contributed by atoms with Gasteiger partial charge in [-0.1, -0.05) is 35.4 Å². The summed E-state index contributed by atoms with van der Waals surface area (Å²) >= 11 is 15.0. The summed E-state index contributed by atoms with van der Waals surface area (Å²) in [5.74, 6) is 0. The summed E-state index contributed by atoms with van der Waals surface area (Å²) in [6.07, 6.45) is 0. The monoisotopic (exact) mass is 390 g/mol. The molecule has 0 fully saturated rings. The van der Waals surface area contributed by atoms with Crippen molar-refractivity contribution in [3.63, 3.8) is 0 Å². The summed E-state index contributed by atoms with van der Waals surface area (Å²) in [5, 5.41) is 0.567. The van der Waals surface area contributed by atoms with E-state index in [2.05, 4.69) is 54.6 Å². The Morgan fingerprint density at radius 2 is 1.72 bits per heavy atom. The van der Waals surface area contributed by atoms with Crippen molar-refractivity contribution in [2.24, 2.45) is 0 Å². The van der Waals surface area contributed by atoms with E-state index in [4.69, 9.17) is 23.2 Å². The molecule has 2 aromatic rings. The summed E-state index contributed by atoms with van der Waals surface area (Å²) < 4.78 is 1.14. The van der Waals surface area contributed by atoms with Crippen LogP contribution in [-0.2, 0) is 0 Å². The molecule has 0 aliphatic carbocycles. The van der Waals surface area contributed by atoms with Gasteiger partial charge in [0.05, 0.1) is 5.38 Å². The van der Waals surface area contributed by atoms with Crippen LogP contribution in [0.4, 0.5) is 0 Å². The minimum Gasteiger partial charge on any atom is -0.113 e. The molecule has 0 N–H and O–H groups in total. The van der Waals surface area contributed by atoms with E-state index in [1.54, 1.807) is 0 Å². The number of aryl methyl sites for hydroxylation is 2. The lowest BCUT2D eigenvalue weighted by molar-refractivity contribution is 1.09. The first-order valence-electron chi connectivity index (χ1n) is 5.65. The highest BCUT2D eigenvalue weighted by Crippen LogP contribution is 2.35. The van der Waals surface area contributed by atoms with Crippen LogP contribution in [0.1, 0.15) is 27.6 Å². The fraction of sp³-hybridized carbons (Fsp3) is 0.200. The third-order valence-corrected chi connectivity index (χ3v) is 4.63. The third-order valence-electron chi connectivity index (χ3n) is 2.94. The molecule has 0 amide bonds. The van der Waals surface area contributed by atoms with E-state index in [1.165, 1.54) is 11.1 Å². The second-order valence-corrected chi connectivity index (χ2v) is 6.42. The van der Waals surface area contributed by atoms with Crippen LogP contribution in [0.25, 0.3) is 0 Å². The average Bonchev–Trinajstić information content (AvgIpc) is 2.34. The molecule has 0 saturated heterocycles. The van der Waals surface area contributed by atoms with Crippen LogP contribution in [-0.4, -0.2) is 0 Å². The number of hydrogen-bond donors (Lipinski definition) is 0. The van der Waals surface area contributed by atoms with Crippen LogP contribution >= 0.6 is 45.8 Å². The number of rotatable bonds is 2. The van der Waals surface area contributed by atoms with Crippen LogP contribution in [0.15, 0.2) is 36.4 Å². The van der Waals surface area contributed by atoms with Gasteiger partial charge in [0, 0.05) is 8.59 Å². The molecule has 94 valence electrons. The second-order valence-electron chi connectivity index (χ2n) is 4.39. The standard InChI is InChI=1S/C15H13Cl2I/c1-9-3-4-10(2)12(7-9)15(17)13-8-11(16)5-6-14(13)18/h3-8,15H,1-2H3. The van der Waals surface area contributed by atoms with Crippen LogP contribution < -0.4 is 0 Å². The third kappa shape index (κ3) is 3.01. The molecule has 0 aliphatic rings. The zero-order chi connectivity index (χ0) is 13.3. The first-order chi connectivity index (χ1) is 8.49. The van der Waals surface area contributed by atoms with Gasteiger partial charge in [0.1, 0.15) is 0 Å². The van der Waals surface area contributed by atoms with E-state index in [9.17, 15) is 0 Å². The van der Waals surface area contributed by atoms with Gasteiger partial charge < -0.3 is 0 Å². The molecule has 2 rings (SSSR count). The number of halogens is 3. The fourth-order valence-corrected chi connectivity index (χ4v) is 3.34. The Kier molecular flexibility index (Phi) is 4.57. The van der Waals surface area contributed by atoms with Crippen molar-refractivity contribution in [3.8, 4) is 0 Å². The molecule has 0 spiro atoms. The molecular formula is C15H13Cl2I. The predicted molar refractivity (Wildman–Crippen MR) is 87.8 cm³/mol. The van der Waals surface area contributed by atoms with Gasteiger partial charge in [-0.2, -0.15) is 0 Å². The van der Waals surface area contributed by atoms with Crippen LogP contribution in [0.2, 0.25) is 5.02 Å². The Labute approximate surface area is 131 Å². The molecule has 18 heavy (non-hydrogen) atoms. The van der Waals surface area contributed by atoms with Crippen molar-refractivity contribution >= 4 is 45.8 Å². The van der Waals surface area contributed by atoms with Gasteiger partial charge in [0.15, 0.2) is 0 Å². The minimum atomic E-state index is -0.157. The number of benzene rings is 2. The summed E-state index contributed by atoms with van der Waals surface area (Å²) in [6.45, 7) is 4.16. The SMILES string of the molecule is Cc1ccc(C)c(C(Cl)c2cc(Cl)ccc2I)c1. The van der Waals surface area contributed by atoms with Gasteiger partial charge in [0.25, 0.3) is 0 Å². The normalized spacial score (nSPS) is 12.5. The van der Waals surface area contributed by atoms with E-state index in [1.807, 2.05) is 18.2 Å². The lowest BCUT2D eigenvalue weighted by Gasteiger charge is -2.16. The van der Waals surface area contributed by atoms with E-state index in [-0.39, 0.29) is 5.38 Å². The van der Waals surface area contributed by atoms with Gasteiger partial charge in [-0.25, -0.2) is 0 Å². The second kappa shape index (κ2) is 5.81. The Morgan fingerprint density at radius 3 is 2.44 bits per heavy atom. The van der Waals surface area contributed by atoms with Gasteiger partial charge in [0.2, 0.25) is 0 Å². The maximum Gasteiger partial charge on any atom is 0.0848 e. The first kappa shape index (κ1) is 14.2. The zero-order valence-corrected chi connectivity index (χ0v) is 13.8. The lowest BCUT2D eigenvalue weighted by atomic mass is 9.98. The van der Waals surface area contributed by atoms with Gasteiger partial charge in [-0.3, -0.25) is 0 Å². The van der Waals surface area contributed by atoms with Crippen molar-refractivity contribution in [3.05, 3.63) is 67.2 Å². The van der Waals surface area contributed by atoms with Crippen LogP contribution in [0.5, 0.6) is 0 Å². The molecule has 0 nitrogen and oxygen atoms in total. The Morgan fingerprint density at radius 1 is 1.00 bits per heavy atom. The maximum absolute atomic E-state index is 6.62. The van der Waals surface area contributed by atoms with Gasteiger partial charge in [-0.05, 0) is 71.3 Å². The Balaban J connectivity index is 2.50. The van der Waals surface area contributed by atoms with E-state index in [0.717, 1.165) is 19.7 Å². The molecule has 0 saturated carbocycles. The van der Waals surface area contributed by atoms with Crippen molar-refractivity contribution in [1.82, 2.24) is 0 Å². The summed E-state index contributed by atoms with van der Waals surface area (Å²) in [6, 6.07) is 12.2. The van der Waals surface area contributed by atoms with E-state index in [0.29, 0.717) is 0 Å². The molecule has 3 heteroatoms. The van der Waals surface area contributed by atoms with Gasteiger partial charge in [-0.15, -0.1) is 11.6 Å². The maximum atomic E-state index is 6.62. The fourth-order valence-electron chi connectivity index (χ4n) is 1.91. The van der Waals surface area contributed by atoms with Crippen molar-refractivity contribution in [1.29, 1.82) is 0 Å². The predicted octanol–water partition coefficient (Wildman–Crippen LogP) is 5.89. The molecule has 0 bridgehead atoms. The zero-order valence-electron chi connectivity index (χ0n) is 10.2. The smallest absolute Gasteiger partial charge is 0.0848 e. The molecule has 2 aromatic carbocycles. The minimum absolute atomic E-state index is 0.157. The highest BCUT2D eigenvalue weighted by molar-refractivity contribution is 14.1. The van der Waals surface area contributed by atoms with Gasteiger partial charge >= 0.3 is 0 Å². The molecule has 0 aromatic heterocycles. The first-order valence-corrected chi connectivity index (χ1v) is 7.54. The summed E-state index contributed by atoms with van der Waals surface area (Å²) in [4.78, 5) is 0. The Hall–Kier alpha value is -0.250. The summed E-state index contributed by atoms with van der Waals surface area (Å²) in [5.41, 5.74) is 4.64. The number of hydrogen-bond acceptors (Lipinski definition) is 0. The molecule has 0 heterocycles. The van der Waals surface area contributed by atoms with Crippen LogP contribution in [0, 0.1) is 17.4 Å². The topological polar surface area (TPSA) is 0 Å². The molecule has 0 aliphatic heterocycles. The lowest BCUT2D eigenvalue weighted by Crippen LogP contribution is -1.99. The van der Waals surface area contributed by atoms with Crippen molar-refractivity contribution in [2.75, 3.05) is 0 Å². The quantitative estimate of drug-likeness (QED) is 0.443.